The largest absolute Gasteiger partial charge is 0.481 e. The van der Waals surface area contributed by atoms with Crippen LogP contribution in [0.5, 0.6) is 0 Å². The highest BCUT2D eigenvalue weighted by molar-refractivity contribution is 7.90. The van der Waals surface area contributed by atoms with Gasteiger partial charge in [-0.3, -0.25) is 14.4 Å². The molecule has 2 aliphatic rings. The van der Waals surface area contributed by atoms with Crippen molar-refractivity contribution < 1.29 is 31.9 Å². The average molecular weight is 685 g/mol. The van der Waals surface area contributed by atoms with E-state index >= 15 is 4.39 Å². The van der Waals surface area contributed by atoms with E-state index in [1.807, 2.05) is 6.92 Å². The Morgan fingerprint density at radius 1 is 1.17 bits per heavy atom. The number of aromatic nitrogens is 3. The van der Waals surface area contributed by atoms with Crippen LogP contribution in [0.15, 0.2) is 41.6 Å². The predicted octanol–water partition coefficient (Wildman–Crippen LogP) is 4.26. The van der Waals surface area contributed by atoms with Gasteiger partial charge in [-0.1, -0.05) is 6.92 Å². The molecule has 1 unspecified atom stereocenters. The van der Waals surface area contributed by atoms with Crippen LogP contribution in [-0.2, 0) is 28.2 Å². The second-order valence-electron chi connectivity index (χ2n) is 12.8. The molecule has 3 aromatic heterocycles. The van der Waals surface area contributed by atoms with E-state index in [0.29, 0.717) is 51.8 Å². The van der Waals surface area contributed by atoms with E-state index < -0.39 is 38.1 Å². The van der Waals surface area contributed by atoms with E-state index in [1.54, 1.807) is 50.3 Å². The van der Waals surface area contributed by atoms with Crippen LogP contribution in [0.3, 0.4) is 0 Å². The number of H-pyrrole nitrogens is 1. The van der Waals surface area contributed by atoms with Gasteiger partial charge in [0.05, 0.1) is 29.1 Å². The molecular formula is C33H38F2N6O6S. The van der Waals surface area contributed by atoms with Crippen LogP contribution in [0.2, 0.25) is 0 Å². The van der Waals surface area contributed by atoms with Gasteiger partial charge >= 0.3 is 5.97 Å². The number of nitrogens with zero attached hydrogens (tertiary/aromatic N) is 4. The SMILES string of the molecule is CC(C)(CN)C(=O)O.CCCN1CCC(S(C)(=O)=O)c2cc3c(cc2C1=O)N(c1ncc(F)cc1F)Cc1c[nH]c2c(=O)n(C)cc-3c12. The van der Waals surface area contributed by atoms with Gasteiger partial charge in [-0.25, -0.2) is 22.2 Å². The molecule has 0 bridgehead atoms. The lowest BCUT2D eigenvalue weighted by Gasteiger charge is -2.27. The highest BCUT2D eigenvalue weighted by Crippen LogP contribution is 2.47. The maximum Gasteiger partial charge on any atom is 0.310 e. The van der Waals surface area contributed by atoms with Gasteiger partial charge in [0.1, 0.15) is 11.3 Å². The lowest BCUT2D eigenvalue weighted by Crippen LogP contribution is -2.32. The monoisotopic (exact) mass is 684 g/mol. The molecule has 1 aromatic carbocycles. The number of hydrogen-bond acceptors (Lipinski definition) is 8. The van der Waals surface area contributed by atoms with Gasteiger partial charge in [-0.15, -0.1) is 0 Å². The molecule has 0 spiro atoms. The van der Waals surface area contributed by atoms with E-state index in [9.17, 15) is 27.2 Å². The van der Waals surface area contributed by atoms with E-state index in [-0.39, 0.29) is 48.9 Å². The zero-order valence-electron chi connectivity index (χ0n) is 27.3. The minimum absolute atomic E-state index is 0.0594. The number of benzene rings is 1. The number of nitrogens with one attached hydrogen (secondary N) is 1. The summed E-state index contributed by atoms with van der Waals surface area (Å²) in [5, 5.41) is 8.03. The van der Waals surface area contributed by atoms with Crippen molar-refractivity contribution in [2.75, 3.05) is 30.8 Å². The number of pyridine rings is 2. The van der Waals surface area contributed by atoms with Crippen molar-refractivity contribution in [3.05, 3.63) is 75.5 Å². The van der Waals surface area contributed by atoms with Crippen LogP contribution in [0.1, 0.15) is 60.3 Å². The normalized spacial score (nSPS) is 16.1. The number of aryl methyl sites for hydroxylation is 1. The van der Waals surface area contributed by atoms with Gasteiger partial charge in [-0.05, 0) is 49.9 Å². The number of carboxylic acids is 1. The average Bonchev–Trinajstić information content (AvgIpc) is 3.32. The summed E-state index contributed by atoms with van der Waals surface area (Å²) in [5.41, 5.74) is 7.20. The van der Waals surface area contributed by atoms with Crippen molar-refractivity contribution in [3.8, 4) is 11.1 Å². The highest BCUT2D eigenvalue weighted by atomic mass is 32.2. The first-order chi connectivity index (χ1) is 22.5. The Balaban J connectivity index is 0.000000503. The van der Waals surface area contributed by atoms with Crippen LogP contribution in [-0.4, -0.2) is 70.7 Å². The molecule has 0 saturated carbocycles. The van der Waals surface area contributed by atoms with Gasteiger partial charge in [-0.2, -0.15) is 0 Å². The van der Waals surface area contributed by atoms with Crippen molar-refractivity contribution in [2.45, 2.75) is 45.4 Å². The van der Waals surface area contributed by atoms with Crippen molar-refractivity contribution in [1.29, 1.82) is 0 Å². The molecule has 0 fully saturated rings. The number of amides is 1. The molecule has 6 rings (SSSR count). The number of carbonyl (C=O) groups is 2. The fraction of sp³-hybridized carbons (Fsp3) is 0.394. The molecule has 0 radical (unpaired) electrons. The zero-order valence-corrected chi connectivity index (χ0v) is 28.1. The standard InChI is InChI=1S/C28H27F2N5O4S.C5H11NO2/c1-4-6-34-7-5-23(40(3,38)39)18-9-17-20-14-33(2)28(37)25-24(20)15(11-31-25)13-35(22(17)10-19(18)27(34)36)26-21(30)8-16(29)12-32-26;1-5(2,3-6)4(7)8/h8-12,14,23,31H,4-7,13H2,1-3H3;3,6H2,1-2H3,(H,7,8). The Labute approximate surface area is 276 Å². The molecule has 4 N–H and O–H groups in total. The van der Waals surface area contributed by atoms with Gasteiger partial charge in [0.2, 0.25) is 0 Å². The van der Waals surface area contributed by atoms with Gasteiger partial charge in [0.15, 0.2) is 21.5 Å². The summed E-state index contributed by atoms with van der Waals surface area (Å²) in [5.74, 6) is -3.06. The van der Waals surface area contributed by atoms with Crippen molar-refractivity contribution in [2.24, 2.45) is 18.2 Å². The Morgan fingerprint density at radius 3 is 2.46 bits per heavy atom. The molecular weight excluding hydrogens is 646 g/mol. The Kier molecular flexibility index (Phi) is 9.23. The van der Waals surface area contributed by atoms with Gasteiger partial charge in [0.25, 0.3) is 11.5 Å². The third kappa shape index (κ3) is 6.19. The summed E-state index contributed by atoms with van der Waals surface area (Å²) in [6, 6.07) is 4.01. The number of carboxylic acid groups (broad SMARTS) is 1. The van der Waals surface area contributed by atoms with Gasteiger partial charge < -0.3 is 30.2 Å². The summed E-state index contributed by atoms with van der Waals surface area (Å²) in [6.45, 7) is 6.09. The summed E-state index contributed by atoms with van der Waals surface area (Å²) >= 11 is 0. The fourth-order valence-electron chi connectivity index (χ4n) is 6.02. The molecule has 2 aliphatic heterocycles. The number of aromatic amines is 1. The summed E-state index contributed by atoms with van der Waals surface area (Å²) < 4.78 is 56.6. The smallest absolute Gasteiger partial charge is 0.310 e. The molecule has 4 aromatic rings. The van der Waals surface area contributed by atoms with Crippen molar-refractivity contribution in [1.82, 2.24) is 19.4 Å². The number of sulfone groups is 1. The second-order valence-corrected chi connectivity index (χ2v) is 15.0. The third-order valence-electron chi connectivity index (χ3n) is 8.83. The summed E-state index contributed by atoms with van der Waals surface area (Å²) in [6.07, 6.45) is 6.31. The van der Waals surface area contributed by atoms with Crippen molar-refractivity contribution in [3.63, 3.8) is 0 Å². The molecule has 12 nitrogen and oxygen atoms in total. The van der Waals surface area contributed by atoms with Crippen LogP contribution in [0.25, 0.3) is 22.0 Å². The fourth-order valence-corrected chi connectivity index (χ4v) is 7.21. The second kappa shape index (κ2) is 12.8. The highest BCUT2D eigenvalue weighted by Gasteiger charge is 2.37. The van der Waals surface area contributed by atoms with Crippen LogP contribution in [0.4, 0.5) is 20.3 Å². The first-order valence-electron chi connectivity index (χ1n) is 15.4. The minimum Gasteiger partial charge on any atom is -0.481 e. The maximum atomic E-state index is 15.2. The number of anilines is 2. The van der Waals surface area contributed by atoms with Crippen LogP contribution < -0.4 is 16.2 Å². The van der Waals surface area contributed by atoms with E-state index in [1.165, 1.54) is 9.47 Å². The van der Waals surface area contributed by atoms with E-state index in [2.05, 4.69) is 9.97 Å². The van der Waals surface area contributed by atoms with Gasteiger partial charge in [0, 0.05) is 73.5 Å². The number of fused-ring (bicyclic) bond motifs is 3. The minimum atomic E-state index is -3.62. The number of hydrogen-bond donors (Lipinski definition) is 3. The zero-order chi connectivity index (χ0) is 35.3. The van der Waals surface area contributed by atoms with E-state index in [4.69, 9.17) is 10.8 Å². The van der Waals surface area contributed by atoms with Crippen LogP contribution in [0, 0.1) is 17.0 Å². The molecule has 48 heavy (non-hydrogen) atoms. The molecule has 1 atom stereocenters. The maximum absolute atomic E-state index is 15.2. The van der Waals surface area contributed by atoms with Crippen molar-refractivity contribution >= 4 is 44.1 Å². The summed E-state index contributed by atoms with van der Waals surface area (Å²) in [7, 11) is -2.01. The Morgan fingerprint density at radius 2 is 1.88 bits per heavy atom. The molecule has 5 heterocycles. The molecule has 15 heteroatoms. The molecule has 1 amide bonds. The first-order valence-corrected chi connectivity index (χ1v) is 17.3. The number of aliphatic carboxylic acids is 1. The number of carbonyl (C=O) groups excluding carboxylic acids is 1. The number of halogens is 2. The topological polar surface area (TPSA) is 172 Å². The Bertz CT molecular complexity index is 2110. The summed E-state index contributed by atoms with van der Waals surface area (Å²) in [4.78, 5) is 47.2. The first kappa shape index (κ1) is 34.7. The Hall–Kier alpha value is -4.63. The number of nitrogens with two attached hydrogens (primary N) is 1. The third-order valence-corrected chi connectivity index (χ3v) is 10.4. The molecule has 256 valence electrons. The predicted molar refractivity (Wildman–Crippen MR) is 178 cm³/mol. The lowest BCUT2D eigenvalue weighted by molar-refractivity contribution is -0.146. The van der Waals surface area contributed by atoms with E-state index in [0.717, 1.165) is 18.5 Å². The van der Waals surface area contributed by atoms with Crippen LogP contribution >= 0.6 is 0 Å². The molecule has 0 aliphatic carbocycles. The lowest BCUT2D eigenvalue weighted by atomic mass is 9.93. The molecule has 0 saturated heterocycles. The quantitative estimate of drug-likeness (QED) is 0.269. The number of rotatable bonds is 6.